The number of nitrogens with one attached hydrogen (secondary N) is 1. The van der Waals surface area contributed by atoms with Crippen molar-refractivity contribution in [3.05, 3.63) is 77.6 Å². The van der Waals surface area contributed by atoms with Crippen molar-refractivity contribution in [3.8, 4) is 34.0 Å². The second-order valence-electron chi connectivity index (χ2n) is 7.95. The molecule has 6 nitrogen and oxygen atoms in total. The average Bonchev–Trinajstić information content (AvgIpc) is 3.19. The number of aromatic hydroxyl groups is 1. The number of hydrogen-bond acceptors (Lipinski definition) is 4. The van der Waals surface area contributed by atoms with Crippen molar-refractivity contribution in [1.29, 1.82) is 0 Å². The maximum atomic E-state index is 14.8. The van der Waals surface area contributed by atoms with E-state index in [1.165, 1.54) is 23.8 Å². The van der Waals surface area contributed by atoms with Gasteiger partial charge in [0.05, 0.1) is 16.5 Å². The molecule has 0 fully saturated rings. The van der Waals surface area contributed by atoms with Crippen LogP contribution in [0, 0.1) is 19.7 Å². The number of H-pyrrole nitrogens is 1. The van der Waals surface area contributed by atoms with Crippen LogP contribution in [0.1, 0.15) is 11.1 Å². The van der Waals surface area contributed by atoms with Gasteiger partial charge in [-0.05, 0) is 65.8 Å². The van der Waals surface area contributed by atoms with E-state index in [0.29, 0.717) is 33.2 Å². The first kappa shape index (κ1) is 20.5. The van der Waals surface area contributed by atoms with Gasteiger partial charge in [0.15, 0.2) is 0 Å². The van der Waals surface area contributed by atoms with Gasteiger partial charge in [0.2, 0.25) is 0 Å². The summed E-state index contributed by atoms with van der Waals surface area (Å²) in [5, 5.41) is 20.3. The Labute approximate surface area is 187 Å². The normalized spacial score (nSPS) is 11.2. The van der Waals surface area contributed by atoms with Crippen LogP contribution in [0.4, 0.5) is 9.18 Å². The molecule has 1 heterocycles. The van der Waals surface area contributed by atoms with Gasteiger partial charge in [-0.25, -0.2) is 14.2 Å². The van der Waals surface area contributed by atoms with Crippen LogP contribution in [-0.4, -0.2) is 26.3 Å². The van der Waals surface area contributed by atoms with Crippen LogP contribution in [0.3, 0.4) is 0 Å². The van der Waals surface area contributed by atoms with E-state index in [2.05, 4.69) is 20.8 Å². The predicted octanol–water partition coefficient (Wildman–Crippen LogP) is 6.57. The summed E-state index contributed by atoms with van der Waals surface area (Å²) >= 11 is 0. The highest BCUT2D eigenvalue weighted by atomic mass is 19.1. The summed E-state index contributed by atoms with van der Waals surface area (Å²) in [5.41, 5.74) is 5.52. The second kappa shape index (κ2) is 7.63. The molecule has 3 N–H and O–H groups in total. The number of fused-ring (bicyclic) bond motifs is 3. The number of aromatic amines is 1. The average molecular weight is 442 g/mol. The third kappa shape index (κ3) is 3.63. The van der Waals surface area contributed by atoms with Gasteiger partial charge in [-0.1, -0.05) is 30.3 Å². The van der Waals surface area contributed by atoms with Gasteiger partial charge in [-0.15, -0.1) is 0 Å². The molecule has 0 saturated carbocycles. The molecule has 0 aliphatic carbocycles. The largest absolute Gasteiger partial charge is 0.511 e. The van der Waals surface area contributed by atoms with E-state index in [9.17, 15) is 14.3 Å². The fourth-order valence-electron chi connectivity index (χ4n) is 3.98. The lowest BCUT2D eigenvalue weighted by Crippen LogP contribution is -2.02. The van der Waals surface area contributed by atoms with Crippen LogP contribution in [0.5, 0.6) is 11.5 Å². The van der Waals surface area contributed by atoms with Gasteiger partial charge >= 0.3 is 6.16 Å². The van der Waals surface area contributed by atoms with Crippen LogP contribution in [0.2, 0.25) is 0 Å². The summed E-state index contributed by atoms with van der Waals surface area (Å²) < 4.78 is 19.5. The van der Waals surface area contributed by atoms with Crippen LogP contribution in [-0.2, 0) is 0 Å². The van der Waals surface area contributed by atoms with Crippen LogP contribution < -0.4 is 4.74 Å². The monoisotopic (exact) mass is 442 g/mol. The van der Waals surface area contributed by atoms with E-state index in [1.807, 2.05) is 26.0 Å². The van der Waals surface area contributed by atoms with E-state index >= 15 is 0 Å². The molecule has 5 rings (SSSR count). The molecular weight excluding hydrogens is 423 g/mol. The highest BCUT2D eigenvalue weighted by Crippen LogP contribution is 2.37. The number of hydrogen-bond donors (Lipinski definition) is 3. The molecule has 0 spiro atoms. The first-order chi connectivity index (χ1) is 15.8. The topological polar surface area (TPSA) is 95.4 Å². The summed E-state index contributed by atoms with van der Waals surface area (Å²) in [7, 11) is 0. The van der Waals surface area contributed by atoms with Crippen molar-refractivity contribution in [2.45, 2.75) is 13.8 Å². The van der Waals surface area contributed by atoms with E-state index < -0.39 is 12.0 Å². The minimum absolute atomic E-state index is 0.00486. The van der Waals surface area contributed by atoms with Gasteiger partial charge < -0.3 is 19.9 Å². The summed E-state index contributed by atoms with van der Waals surface area (Å²) in [6.07, 6.45) is -1.48. The Morgan fingerprint density at radius 3 is 2.48 bits per heavy atom. The molecule has 0 bridgehead atoms. The fourth-order valence-corrected chi connectivity index (χ4v) is 3.98. The lowest BCUT2D eigenvalue weighted by atomic mass is 9.99. The molecule has 164 valence electrons. The highest BCUT2D eigenvalue weighted by Gasteiger charge is 2.16. The van der Waals surface area contributed by atoms with E-state index in [0.717, 1.165) is 16.7 Å². The first-order valence-electron chi connectivity index (χ1n) is 10.2. The smallest absolute Gasteiger partial charge is 0.507 e. The van der Waals surface area contributed by atoms with E-state index in [-0.39, 0.29) is 11.5 Å². The summed E-state index contributed by atoms with van der Waals surface area (Å²) in [6, 6.07) is 17.1. The number of carboxylic acid groups (broad SMARTS) is 1. The highest BCUT2D eigenvalue weighted by molar-refractivity contribution is 6.08. The predicted molar refractivity (Wildman–Crippen MR) is 124 cm³/mol. The van der Waals surface area contributed by atoms with Crippen LogP contribution in [0.15, 0.2) is 60.7 Å². The Hall–Kier alpha value is -4.39. The Morgan fingerprint density at radius 2 is 1.73 bits per heavy atom. The second-order valence-corrected chi connectivity index (χ2v) is 7.95. The van der Waals surface area contributed by atoms with Gasteiger partial charge in [0, 0.05) is 6.07 Å². The molecule has 0 unspecified atom stereocenters. The number of phenols is 1. The number of aryl methyl sites for hydroxylation is 2. The molecule has 7 heteroatoms. The number of nitrogens with zero attached hydrogens (tertiary/aromatic N) is 1. The Morgan fingerprint density at radius 1 is 0.970 bits per heavy atom. The summed E-state index contributed by atoms with van der Waals surface area (Å²) in [6.45, 7) is 4.08. The molecule has 0 aliphatic rings. The molecule has 33 heavy (non-hydrogen) atoms. The molecule has 1 aromatic heterocycles. The third-order valence-corrected chi connectivity index (χ3v) is 5.79. The molecule has 0 amide bonds. The van der Waals surface area contributed by atoms with E-state index in [1.54, 1.807) is 24.3 Å². The zero-order valence-electron chi connectivity index (χ0n) is 17.8. The fraction of sp³-hybridized carbons (Fsp3) is 0.0769. The number of halogens is 1. The quantitative estimate of drug-likeness (QED) is 0.217. The Balaban J connectivity index is 1.65. The third-order valence-electron chi connectivity index (χ3n) is 5.79. The van der Waals surface area contributed by atoms with Crippen molar-refractivity contribution in [2.75, 3.05) is 0 Å². The SMILES string of the molecule is Cc1ccc(-c2ccc(F)c(-c3nc4c(ccc5cc(OC(=O)O)cc(O)c54)[nH]3)c2)cc1C. The number of benzene rings is 4. The molecule has 4 aromatic carbocycles. The zero-order chi connectivity index (χ0) is 23.3. The van der Waals surface area contributed by atoms with Gasteiger partial charge in [0.25, 0.3) is 0 Å². The Kier molecular flexibility index (Phi) is 4.74. The molecule has 0 atom stereocenters. The van der Waals surface area contributed by atoms with Crippen LogP contribution in [0.25, 0.3) is 44.3 Å². The standard InChI is InChI=1S/C26H19FN2O4/c1-13-3-4-15(9-14(13)2)16-5-7-20(27)19(11-16)25-28-21-8-6-17-10-18(33-26(31)32)12-22(30)23(17)24(21)29-25/h3-12,30H,1-2H3,(H,28,29)(H,31,32). The first-order valence-corrected chi connectivity index (χ1v) is 10.2. The van der Waals surface area contributed by atoms with Crippen molar-refractivity contribution in [1.82, 2.24) is 9.97 Å². The zero-order valence-corrected chi connectivity index (χ0v) is 17.8. The van der Waals surface area contributed by atoms with Crippen molar-refractivity contribution < 1.29 is 24.1 Å². The molecule has 5 aromatic rings. The number of imidazole rings is 1. The maximum absolute atomic E-state index is 14.8. The summed E-state index contributed by atoms with van der Waals surface area (Å²) in [5.74, 6) is -0.287. The number of carbonyl (C=O) groups is 1. The van der Waals surface area contributed by atoms with Crippen molar-refractivity contribution in [2.24, 2.45) is 0 Å². The molecule has 0 radical (unpaired) electrons. The maximum Gasteiger partial charge on any atom is 0.511 e. The number of aromatic nitrogens is 2. The number of ether oxygens (including phenoxy) is 1. The van der Waals surface area contributed by atoms with Gasteiger partial charge in [-0.3, -0.25) is 0 Å². The molecule has 0 aliphatic heterocycles. The molecule has 0 saturated heterocycles. The van der Waals surface area contributed by atoms with Gasteiger partial charge in [-0.2, -0.15) is 0 Å². The lowest BCUT2D eigenvalue weighted by molar-refractivity contribution is 0.144. The number of phenolic OH excluding ortho intramolecular Hbond substituents is 1. The minimum Gasteiger partial charge on any atom is -0.507 e. The Bertz CT molecular complexity index is 1570. The molecular formula is C26H19FN2O4. The lowest BCUT2D eigenvalue weighted by Gasteiger charge is -2.08. The summed E-state index contributed by atoms with van der Waals surface area (Å²) in [4.78, 5) is 18.5. The number of rotatable bonds is 3. The minimum atomic E-state index is -1.48. The van der Waals surface area contributed by atoms with Crippen molar-refractivity contribution in [3.63, 3.8) is 0 Å². The van der Waals surface area contributed by atoms with Crippen molar-refractivity contribution >= 4 is 28.0 Å². The van der Waals surface area contributed by atoms with E-state index in [4.69, 9.17) is 5.11 Å². The van der Waals surface area contributed by atoms with Crippen LogP contribution >= 0.6 is 0 Å². The van der Waals surface area contributed by atoms with Gasteiger partial charge in [0.1, 0.15) is 28.7 Å².